The number of sulfonamides is 1. The monoisotopic (exact) mass is 349 g/mol. The minimum Gasteiger partial charge on any atom is -0.294 e. The second-order valence-corrected chi connectivity index (χ2v) is 7.61. The van der Waals surface area contributed by atoms with Crippen LogP contribution in [0.25, 0.3) is 0 Å². The van der Waals surface area contributed by atoms with Gasteiger partial charge < -0.3 is 0 Å². The molecular weight excluding hydrogens is 331 g/mol. The first-order valence-corrected chi connectivity index (χ1v) is 8.99. The number of Topliss-reactive ketones (excluding diaryl/α,β-unsaturated/α-hetero) is 1. The second kappa shape index (κ2) is 7.44. The largest absolute Gasteiger partial charge is 0.294 e. The quantitative estimate of drug-likeness (QED) is 0.742. The molecule has 128 valence electrons. The molecular formula is C15H18F3NO3S. The van der Waals surface area contributed by atoms with Crippen molar-refractivity contribution in [3.8, 4) is 0 Å². The van der Waals surface area contributed by atoms with E-state index in [-0.39, 0.29) is 43.7 Å². The molecule has 1 saturated heterocycles. The van der Waals surface area contributed by atoms with Crippen LogP contribution in [0.3, 0.4) is 0 Å². The highest BCUT2D eigenvalue weighted by atomic mass is 32.2. The van der Waals surface area contributed by atoms with Crippen molar-refractivity contribution in [2.45, 2.75) is 19.3 Å². The van der Waals surface area contributed by atoms with Crippen LogP contribution in [0.15, 0.2) is 18.2 Å². The average molecular weight is 349 g/mol. The molecule has 8 heteroatoms. The zero-order chi connectivity index (χ0) is 17.0. The van der Waals surface area contributed by atoms with Crippen LogP contribution >= 0.6 is 0 Å². The average Bonchev–Trinajstić information content (AvgIpc) is 2.54. The zero-order valence-electron chi connectivity index (χ0n) is 12.5. The molecule has 1 aliphatic heterocycles. The Morgan fingerprint density at radius 1 is 1.22 bits per heavy atom. The number of hydrogen-bond acceptors (Lipinski definition) is 3. The van der Waals surface area contributed by atoms with Gasteiger partial charge in [-0.1, -0.05) is 0 Å². The predicted molar refractivity (Wildman–Crippen MR) is 79.4 cm³/mol. The van der Waals surface area contributed by atoms with Gasteiger partial charge in [-0.3, -0.25) is 9.18 Å². The molecule has 1 aromatic rings. The summed E-state index contributed by atoms with van der Waals surface area (Å²) in [4.78, 5) is 12.3. The molecule has 0 bridgehead atoms. The first-order valence-electron chi connectivity index (χ1n) is 7.38. The van der Waals surface area contributed by atoms with Gasteiger partial charge in [-0.05, 0) is 37.5 Å². The first kappa shape index (κ1) is 17.9. The molecule has 0 aromatic heterocycles. The fourth-order valence-electron chi connectivity index (χ4n) is 2.67. The van der Waals surface area contributed by atoms with Gasteiger partial charge in [0.2, 0.25) is 10.0 Å². The van der Waals surface area contributed by atoms with E-state index in [0.717, 1.165) is 18.2 Å². The molecule has 2 rings (SSSR count). The van der Waals surface area contributed by atoms with Crippen molar-refractivity contribution < 1.29 is 26.4 Å². The maximum Gasteiger partial charge on any atom is 0.214 e. The summed E-state index contributed by atoms with van der Waals surface area (Å²) in [5.74, 6) is -2.79. The Morgan fingerprint density at radius 2 is 1.87 bits per heavy atom. The van der Waals surface area contributed by atoms with E-state index < -0.39 is 40.0 Å². The molecule has 1 aliphatic rings. The summed E-state index contributed by atoms with van der Waals surface area (Å²) >= 11 is 0. The van der Waals surface area contributed by atoms with Gasteiger partial charge >= 0.3 is 0 Å². The highest BCUT2D eigenvalue weighted by Crippen LogP contribution is 2.25. The third-order valence-corrected chi connectivity index (χ3v) is 5.90. The van der Waals surface area contributed by atoms with Crippen LogP contribution < -0.4 is 0 Å². The van der Waals surface area contributed by atoms with Crippen LogP contribution in [-0.4, -0.2) is 44.0 Å². The van der Waals surface area contributed by atoms with E-state index in [9.17, 15) is 26.4 Å². The Hall–Kier alpha value is -1.41. The van der Waals surface area contributed by atoms with Crippen molar-refractivity contribution in [1.82, 2.24) is 4.31 Å². The molecule has 1 fully saturated rings. The topological polar surface area (TPSA) is 54.5 Å². The lowest BCUT2D eigenvalue weighted by Crippen LogP contribution is -2.41. The summed E-state index contributed by atoms with van der Waals surface area (Å²) in [7, 11) is -3.53. The van der Waals surface area contributed by atoms with E-state index >= 15 is 0 Å². The number of nitrogens with zero attached hydrogens (tertiary/aromatic N) is 1. The summed E-state index contributed by atoms with van der Waals surface area (Å²) in [5.41, 5.74) is -0.302. The van der Waals surface area contributed by atoms with Gasteiger partial charge in [0, 0.05) is 19.0 Å². The Bertz CT molecular complexity index is 671. The van der Waals surface area contributed by atoms with Crippen molar-refractivity contribution >= 4 is 15.8 Å². The standard InChI is InChI=1S/C15H18F3NO3S/c16-6-1-9-23(21,22)19-7-4-11(5-8-19)15(20)13-10-12(17)2-3-14(13)18/h2-3,10-11H,1,4-9H2. The number of halogens is 3. The molecule has 0 saturated carbocycles. The van der Waals surface area contributed by atoms with E-state index in [0.29, 0.717) is 0 Å². The summed E-state index contributed by atoms with van der Waals surface area (Å²) in [5, 5.41) is 0. The third kappa shape index (κ3) is 4.32. The van der Waals surface area contributed by atoms with E-state index in [1.54, 1.807) is 0 Å². The zero-order valence-corrected chi connectivity index (χ0v) is 13.3. The van der Waals surface area contributed by atoms with E-state index in [1.807, 2.05) is 0 Å². The lowest BCUT2D eigenvalue weighted by Gasteiger charge is -2.30. The maximum atomic E-state index is 13.7. The number of hydrogen-bond donors (Lipinski definition) is 0. The van der Waals surface area contributed by atoms with Gasteiger partial charge in [-0.2, -0.15) is 0 Å². The van der Waals surface area contributed by atoms with Crippen LogP contribution in [0.5, 0.6) is 0 Å². The van der Waals surface area contributed by atoms with Crippen LogP contribution in [0.2, 0.25) is 0 Å². The number of benzene rings is 1. The van der Waals surface area contributed by atoms with Crippen LogP contribution in [0.1, 0.15) is 29.6 Å². The number of alkyl halides is 1. The summed E-state index contributed by atoms with van der Waals surface area (Å²) < 4.78 is 64.1. The van der Waals surface area contributed by atoms with Crippen molar-refractivity contribution in [3.63, 3.8) is 0 Å². The number of piperidine rings is 1. The smallest absolute Gasteiger partial charge is 0.214 e. The molecule has 1 heterocycles. The second-order valence-electron chi connectivity index (χ2n) is 5.52. The number of ketones is 1. The summed E-state index contributed by atoms with van der Waals surface area (Å²) in [6.45, 7) is -0.447. The maximum absolute atomic E-state index is 13.7. The summed E-state index contributed by atoms with van der Waals surface area (Å²) in [6.07, 6.45) is 0.420. The minimum absolute atomic E-state index is 0.0598. The molecule has 0 radical (unpaired) electrons. The highest BCUT2D eigenvalue weighted by molar-refractivity contribution is 7.89. The van der Waals surface area contributed by atoms with E-state index in [4.69, 9.17) is 0 Å². The van der Waals surface area contributed by atoms with Gasteiger partial charge in [0.25, 0.3) is 0 Å². The van der Waals surface area contributed by atoms with E-state index in [1.165, 1.54) is 4.31 Å². The molecule has 0 aliphatic carbocycles. The van der Waals surface area contributed by atoms with Gasteiger partial charge in [-0.25, -0.2) is 21.5 Å². The van der Waals surface area contributed by atoms with Crippen LogP contribution in [-0.2, 0) is 10.0 Å². The molecule has 0 unspecified atom stereocenters. The van der Waals surface area contributed by atoms with Crippen molar-refractivity contribution in [2.24, 2.45) is 5.92 Å². The third-order valence-electron chi connectivity index (χ3n) is 3.95. The molecule has 0 amide bonds. The van der Waals surface area contributed by atoms with Gasteiger partial charge in [0.1, 0.15) is 11.6 Å². The minimum atomic E-state index is -3.53. The number of carbonyl (C=O) groups excluding carboxylic acids is 1. The molecule has 23 heavy (non-hydrogen) atoms. The molecule has 0 N–H and O–H groups in total. The van der Waals surface area contributed by atoms with Crippen LogP contribution in [0.4, 0.5) is 13.2 Å². The molecule has 4 nitrogen and oxygen atoms in total. The Labute approximate surface area is 133 Å². The Balaban J connectivity index is 2.01. The Morgan fingerprint density at radius 3 is 2.48 bits per heavy atom. The Kier molecular flexibility index (Phi) is 5.80. The fraction of sp³-hybridized carbons (Fsp3) is 0.533. The lowest BCUT2D eigenvalue weighted by molar-refractivity contribution is 0.0870. The van der Waals surface area contributed by atoms with Crippen molar-refractivity contribution in [1.29, 1.82) is 0 Å². The predicted octanol–water partition coefficient (Wildman–Crippen LogP) is 2.55. The molecule has 0 spiro atoms. The van der Waals surface area contributed by atoms with Gasteiger partial charge in [-0.15, -0.1) is 0 Å². The molecule has 1 aromatic carbocycles. The lowest BCUT2D eigenvalue weighted by atomic mass is 9.89. The first-order chi connectivity index (χ1) is 10.8. The summed E-state index contributed by atoms with van der Waals surface area (Å²) in [6, 6.07) is 2.70. The molecule has 0 atom stereocenters. The van der Waals surface area contributed by atoms with Crippen LogP contribution in [0, 0.1) is 17.6 Å². The highest BCUT2D eigenvalue weighted by Gasteiger charge is 2.32. The normalized spacial score (nSPS) is 17.3. The fourth-order valence-corrected chi connectivity index (χ4v) is 4.17. The SMILES string of the molecule is O=C(c1cc(F)ccc1F)C1CCN(S(=O)(=O)CCCF)CC1. The van der Waals surface area contributed by atoms with Crippen molar-refractivity contribution in [2.75, 3.05) is 25.5 Å². The van der Waals surface area contributed by atoms with Gasteiger partial charge in [0.05, 0.1) is 18.0 Å². The van der Waals surface area contributed by atoms with E-state index in [2.05, 4.69) is 0 Å². The number of carbonyl (C=O) groups is 1. The van der Waals surface area contributed by atoms with Gasteiger partial charge in [0.15, 0.2) is 5.78 Å². The number of rotatable bonds is 6. The van der Waals surface area contributed by atoms with Crippen molar-refractivity contribution in [3.05, 3.63) is 35.4 Å².